The maximum absolute atomic E-state index is 12.4. The van der Waals surface area contributed by atoms with Crippen molar-refractivity contribution in [1.29, 1.82) is 0 Å². The van der Waals surface area contributed by atoms with Crippen molar-refractivity contribution in [1.82, 2.24) is 0 Å². The number of carboxylic acid groups (broad SMARTS) is 1. The van der Waals surface area contributed by atoms with Gasteiger partial charge in [-0.1, -0.05) is 60.1 Å². The number of carbonyl (C=O) groups excluding carboxylic acids is 1. The number of carboxylic acids is 1. The molecular formula is C22H16ClNO5. The van der Waals surface area contributed by atoms with Crippen molar-refractivity contribution in [3.63, 3.8) is 0 Å². The highest BCUT2D eigenvalue weighted by molar-refractivity contribution is 6.34. The molecule has 7 heteroatoms. The predicted molar refractivity (Wildman–Crippen MR) is 109 cm³/mol. The molecule has 0 aliphatic heterocycles. The molecule has 0 saturated carbocycles. The van der Waals surface area contributed by atoms with Crippen molar-refractivity contribution in [3.8, 4) is 16.9 Å². The van der Waals surface area contributed by atoms with E-state index in [4.69, 9.17) is 16.3 Å². The first kappa shape index (κ1) is 18.8. The molecule has 0 unspecified atom stereocenters. The van der Waals surface area contributed by atoms with E-state index < -0.39 is 23.4 Å². The molecule has 0 saturated heterocycles. The number of anilines is 1. The van der Waals surface area contributed by atoms with Gasteiger partial charge in [0.15, 0.2) is 0 Å². The summed E-state index contributed by atoms with van der Waals surface area (Å²) < 4.78 is 5.38. The maximum Gasteiger partial charge on any atom is 0.411 e. The average molecular weight is 410 g/mol. The van der Waals surface area contributed by atoms with Crippen LogP contribution in [0.1, 0.15) is 27.4 Å². The number of phenolic OH excluding ortho intramolecular Hbond substituents is 1. The van der Waals surface area contributed by atoms with Gasteiger partial charge in [-0.2, -0.15) is 0 Å². The van der Waals surface area contributed by atoms with E-state index in [1.165, 1.54) is 12.1 Å². The number of rotatable bonds is 4. The molecule has 0 heterocycles. The number of aromatic hydroxyl groups is 1. The fourth-order valence-electron chi connectivity index (χ4n) is 3.64. The van der Waals surface area contributed by atoms with Gasteiger partial charge in [0.25, 0.3) is 0 Å². The van der Waals surface area contributed by atoms with Crippen molar-refractivity contribution in [2.24, 2.45) is 0 Å². The van der Waals surface area contributed by atoms with E-state index in [0.717, 1.165) is 22.3 Å². The van der Waals surface area contributed by atoms with Crippen LogP contribution in [0, 0.1) is 0 Å². The molecule has 0 spiro atoms. The van der Waals surface area contributed by atoms with Gasteiger partial charge in [-0.05, 0) is 34.4 Å². The summed E-state index contributed by atoms with van der Waals surface area (Å²) in [5, 5.41) is 21.5. The summed E-state index contributed by atoms with van der Waals surface area (Å²) in [4.78, 5) is 23.8. The van der Waals surface area contributed by atoms with Crippen LogP contribution in [-0.4, -0.2) is 28.9 Å². The zero-order valence-electron chi connectivity index (χ0n) is 15.1. The third-order valence-corrected chi connectivity index (χ3v) is 5.23. The lowest BCUT2D eigenvalue weighted by Gasteiger charge is -2.16. The Balaban J connectivity index is 1.55. The molecule has 6 nitrogen and oxygen atoms in total. The number of nitrogens with one attached hydrogen (secondary N) is 1. The molecule has 1 amide bonds. The topological polar surface area (TPSA) is 95.9 Å². The number of fused-ring (bicyclic) bond motifs is 3. The lowest BCUT2D eigenvalue weighted by Crippen LogP contribution is -2.19. The van der Waals surface area contributed by atoms with Crippen LogP contribution in [0.15, 0.2) is 60.7 Å². The van der Waals surface area contributed by atoms with Crippen LogP contribution in [0.5, 0.6) is 5.75 Å². The fraction of sp³-hybridized carbons (Fsp3) is 0.0909. The van der Waals surface area contributed by atoms with Crippen LogP contribution in [0.4, 0.5) is 10.5 Å². The third kappa shape index (κ3) is 3.39. The molecule has 0 aromatic heterocycles. The molecule has 0 fully saturated rings. The quantitative estimate of drug-likeness (QED) is 0.521. The predicted octanol–water partition coefficient (Wildman–Crippen LogP) is 5.10. The Labute approximate surface area is 171 Å². The van der Waals surface area contributed by atoms with Crippen LogP contribution in [-0.2, 0) is 4.74 Å². The van der Waals surface area contributed by atoms with Crippen molar-refractivity contribution in [2.45, 2.75) is 5.92 Å². The normalized spacial score (nSPS) is 12.2. The first-order chi connectivity index (χ1) is 14.0. The van der Waals surface area contributed by atoms with Gasteiger partial charge in [0, 0.05) is 5.92 Å². The van der Waals surface area contributed by atoms with Gasteiger partial charge >= 0.3 is 12.1 Å². The molecule has 0 atom stereocenters. The summed E-state index contributed by atoms with van der Waals surface area (Å²) in [5.41, 5.74) is 3.59. The second-order valence-electron chi connectivity index (χ2n) is 6.57. The number of aromatic carboxylic acids is 1. The zero-order valence-corrected chi connectivity index (χ0v) is 15.8. The minimum atomic E-state index is -1.38. The van der Waals surface area contributed by atoms with Crippen molar-refractivity contribution < 1.29 is 24.5 Å². The van der Waals surface area contributed by atoms with E-state index in [1.807, 2.05) is 48.5 Å². The summed E-state index contributed by atoms with van der Waals surface area (Å²) >= 11 is 5.89. The first-order valence-electron chi connectivity index (χ1n) is 8.84. The number of benzene rings is 3. The number of ether oxygens (including phenoxy) is 1. The molecule has 0 bridgehead atoms. The third-order valence-electron chi connectivity index (χ3n) is 4.92. The molecule has 29 heavy (non-hydrogen) atoms. The summed E-state index contributed by atoms with van der Waals surface area (Å²) in [5.74, 6) is -1.93. The molecule has 3 aromatic rings. The van der Waals surface area contributed by atoms with Crippen LogP contribution < -0.4 is 5.32 Å². The lowest BCUT2D eigenvalue weighted by atomic mass is 9.98. The number of halogens is 1. The molecule has 3 aromatic carbocycles. The van der Waals surface area contributed by atoms with Crippen molar-refractivity contribution in [2.75, 3.05) is 11.9 Å². The number of amides is 1. The molecule has 1 aliphatic rings. The highest BCUT2D eigenvalue weighted by Gasteiger charge is 2.29. The fourth-order valence-corrected chi connectivity index (χ4v) is 3.88. The van der Waals surface area contributed by atoms with Crippen LogP contribution >= 0.6 is 11.6 Å². The van der Waals surface area contributed by atoms with Crippen LogP contribution in [0.25, 0.3) is 11.1 Å². The van der Waals surface area contributed by atoms with Gasteiger partial charge in [-0.15, -0.1) is 0 Å². The number of hydrogen-bond donors (Lipinski definition) is 3. The minimum Gasteiger partial charge on any atom is -0.506 e. The number of phenols is 1. The first-order valence-corrected chi connectivity index (χ1v) is 9.22. The standard InChI is InChI=1S/C22H16ClNO5/c23-17-9-10-18(25)20(19(17)21(26)27)24-22(28)29-11-16-14-7-3-1-5-12(14)13-6-2-4-8-15(13)16/h1-10,16,25H,11H2,(H,24,28)(H,26,27). The maximum atomic E-state index is 12.4. The molecule has 1 aliphatic carbocycles. The summed E-state index contributed by atoms with van der Waals surface area (Å²) in [7, 11) is 0. The SMILES string of the molecule is O=C(Nc1c(O)ccc(Cl)c1C(=O)O)OCC1c2ccccc2-c2ccccc21. The second-order valence-corrected chi connectivity index (χ2v) is 6.98. The van der Waals surface area contributed by atoms with E-state index in [1.54, 1.807) is 0 Å². The highest BCUT2D eigenvalue weighted by Crippen LogP contribution is 2.44. The molecule has 0 radical (unpaired) electrons. The highest BCUT2D eigenvalue weighted by atomic mass is 35.5. The number of carbonyl (C=O) groups is 2. The minimum absolute atomic E-state index is 0.0591. The zero-order chi connectivity index (χ0) is 20.5. The molecule has 3 N–H and O–H groups in total. The molecule has 146 valence electrons. The van der Waals surface area contributed by atoms with Gasteiger partial charge in [0.05, 0.1) is 5.02 Å². The van der Waals surface area contributed by atoms with Gasteiger partial charge in [-0.25, -0.2) is 9.59 Å². The molecular weight excluding hydrogens is 394 g/mol. The van der Waals surface area contributed by atoms with Gasteiger partial charge in [0.2, 0.25) is 0 Å². The average Bonchev–Trinajstić information content (AvgIpc) is 3.03. The Hall–Kier alpha value is -3.51. The van der Waals surface area contributed by atoms with E-state index in [-0.39, 0.29) is 23.2 Å². The largest absolute Gasteiger partial charge is 0.506 e. The smallest absolute Gasteiger partial charge is 0.411 e. The Morgan fingerprint density at radius 1 is 0.966 bits per heavy atom. The molecule has 4 rings (SSSR count). The number of hydrogen-bond acceptors (Lipinski definition) is 4. The Kier molecular flexibility index (Phi) is 4.86. The Bertz CT molecular complexity index is 1080. The van der Waals surface area contributed by atoms with Crippen molar-refractivity contribution >= 4 is 29.4 Å². The van der Waals surface area contributed by atoms with Gasteiger partial charge in [-0.3, -0.25) is 5.32 Å². The Morgan fingerprint density at radius 3 is 2.14 bits per heavy atom. The Morgan fingerprint density at radius 2 is 1.55 bits per heavy atom. The summed E-state index contributed by atoms with van der Waals surface area (Å²) in [6.07, 6.45) is -0.882. The summed E-state index contributed by atoms with van der Waals surface area (Å²) in [6.45, 7) is 0.0591. The van der Waals surface area contributed by atoms with Crippen LogP contribution in [0.3, 0.4) is 0 Å². The summed E-state index contributed by atoms with van der Waals surface area (Å²) in [6, 6.07) is 18.3. The van der Waals surface area contributed by atoms with E-state index in [0.29, 0.717) is 0 Å². The van der Waals surface area contributed by atoms with Crippen molar-refractivity contribution in [3.05, 3.63) is 82.4 Å². The lowest BCUT2D eigenvalue weighted by molar-refractivity contribution is 0.0698. The van der Waals surface area contributed by atoms with Crippen LogP contribution in [0.2, 0.25) is 5.02 Å². The van der Waals surface area contributed by atoms with E-state index in [2.05, 4.69) is 5.32 Å². The monoisotopic (exact) mass is 409 g/mol. The van der Waals surface area contributed by atoms with E-state index >= 15 is 0 Å². The van der Waals surface area contributed by atoms with Gasteiger partial charge in [0.1, 0.15) is 23.6 Å². The second kappa shape index (κ2) is 7.48. The van der Waals surface area contributed by atoms with E-state index in [9.17, 15) is 19.8 Å². The van der Waals surface area contributed by atoms with Gasteiger partial charge < -0.3 is 14.9 Å².